The van der Waals surface area contributed by atoms with E-state index in [-0.39, 0.29) is 18.0 Å². The SMILES string of the molecule is O=C(Cn1ccccc1=O)NCCc1ccc(Cl)cc1. The summed E-state index contributed by atoms with van der Waals surface area (Å²) in [5.74, 6) is -0.174. The average Bonchev–Trinajstić information content (AvgIpc) is 2.44. The number of halogens is 1. The first kappa shape index (κ1) is 14.3. The quantitative estimate of drug-likeness (QED) is 0.914. The molecule has 20 heavy (non-hydrogen) atoms. The van der Waals surface area contributed by atoms with E-state index in [0.29, 0.717) is 11.6 Å². The molecular formula is C15H15ClN2O2. The Kier molecular flexibility index (Phi) is 4.96. The molecule has 0 fully saturated rings. The molecule has 0 aliphatic carbocycles. The number of nitrogens with zero attached hydrogens (tertiary/aromatic N) is 1. The van der Waals surface area contributed by atoms with E-state index in [9.17, 15) is 9.59 Å². The molecule has 2 aromatic rings. The third-order valence-electron chi connectivity index (χ3n) is 2.86. The largest absolute Gasteiger partial charge is 0.354 e. The minimum absolute atomic E-state index is 0.0420. The molecule has 0 bridgehead atoms. The van der Waals surface area contributed by atoms with Gasteiger partial charge in [0, 0.05) is 23.8 Å². The van der Waals surface area contributed by atoms with E-state index in [1.165, 1.54) is 10.6 Å². The molecule has 1 aromatic carbocycles. The van der Waals surface area contributed by atoms with E-state index >= 15 is 0 Å². The van der Waals surface area contributed by atoms with Crippen molar-refractivity contribution in [1.29, 1.82) is 0 Å². The van der Waals surface area contributed by atoms with Crippen molar-refractivity contribution in [2.24, 2.45) is 0 Å². The molecular weight excluding hydrogens is 276 g/mol. The summed E-state index contributed by atoms with van der Waals surface area (Å²) in [6.07, 6.45) is 2.33. The van der Waals surface area contributed by atoms with Crippen molar-refractivity contribution in [3.8, 4) is 0 Å². The standard InChI is InChI=1S/C15H15ClN2O2/c16-13-6-4-12(5-7-13)8-9-17-14(19)11-18-10-2-1-3-15(18)20/h1-7,10H,8-9,11H2,(H,17,19). The lowest BCUT2D eigenvalue weighted by molar-refractivity contribution is -0.121. The molecule has 1 heterocycles. The molecule has 0 aliphatic rings. The molecule has 0 aliphatic heterocycles. The molecule has 0 radical (unpaired) electrons. The molecule has 1 aromatic heterocycles. The summed E-state index contributed by atoms with van der Waals surface area (Å²) < 4.78 is 1.37. The molecule has 1 N–H and O–H groups in total. The average molecular weight is 291 g/mol. The van der Waals surface area contributed by atoms with Crippen LogP contribution in [-0.2, 0) is 17.8 Å². The maximum absolute atomic E-state index is 11.7. The van der Waals surface area contributed by atoms with Gasteiger partial charge in [-0.15, -0.1) is 0 Å². The van der Waals surface area contributed by atoms with E-state index in [2.05, 4.69) is 5.32 Å². The number of amides is 1. The predicted molar refractivity (Wildman–Crippen MR) is 78.9 cm³/mol. The number of rotatable bonds is 5. The smallest absolute Gasteiger partial charge is 0.250 e. The zero-order chi connectivity index (χ0) is 14.4. The Morgan fingerprint density at radius 2 is 1.90 bits per heavy atom. The van der Waals surface area contributed by atoms with Crippen molar-refractivity contribution in [1.82, 2.24) is 9.88 Å². The van der Waals surface area contributed by atoms with E-state index in [0.717, 1.165) is 12.0 Å². The van der Waals surface area contributed by atoms with Crippen molar-refractivity contribution in [2.75, 3.05) is 6.54 Å². The van der Waals surface area contributed by atoms with Crippen LogP contribution in [0.3, 0.4) is 0 Å². The monoisotopic (exact) mass is 290 g/mol. The number of carbonyl (C=O) groups is 1. The highest BCUT2D eigenvalue weighted by Crippen LogP contribution is 2.09. The van der Waals surface area contributed by atoms with E-state index in [4.69, 9.17) is 11.6 Å². The Balaban J connectivity index is 1.80. The number of nitrogens with one attached hydrogen (secondary N) is 1. The maximum Gasteiger partial charge on any atom is 0.250 e. The third kappa shape index (κ3) is 4.24. The van der Waals surface area contributed by atoms with Crippen LogP contribution in [0.1, 0.15) is 5.56 Å². The molecule has 0 atom stereocenters. The Morgan fingerprint density at radius 1 is 1.15 bits per heavy atom. The molecule has 0 unspecified atom stereocenters. The van der Waals surface area contributed by atoms with Crippen LogP contribution in [0.2, 0.25) is 5.02 Å². The van der Waals surface area contributed by atoms with Gasteiger partial charge in [-0.3, -0.25) is 9.59 Å². The number of carbonyl (C=O) groups excluding carboxylic acids is 1. The van der Waals surface area contributed by atoms with Crippen LogP contribution >= 0.6 is 11.6 Å². The minimum atomic E-state index is -0.180. The second-order valence-corrected chi connectivity index (χ2v) is 4.83. The fourth-order valence-corrected chi connectivity index (χ4v) is 1.93. The molecule has 104 valence electrons. The highest BCUT2D eigenvalue weighted by Gasteiger charge is 2.03. The van der Waals surface area contributed by atoms with Gasteiger partial charge in [0.1, 0.15) is 6.54 Å². The van der Waals surface area contributed by atoms with E-state index in [1.54, 1.807) is 18.3 Å². The second-order valence-electron chi connectivity index (χ2n) is 4.39. The van der Waals surface area contributed by atoms with Gasteiger partial charge in [0.05, 0.1) is 0 Å². The normalized spacial score (nSPS) is 10.2. The van der Waals surface area contributed by atoms with Crippen LogP contribution in [0.15, 0.2) is 53.5 Å². The summed E-state index contributed by atoms with van der Waals surface area (Å²) in [5.41, 5.74) is 0.923. The Bertz CT molecular complexity index is 635. The van der Waals surface area contributed by atoms with Crippen LogP contribution in [0.5, 0.6) is 0 Å². The highest BCUT2D eigenvalue weighted by atomic mass is 35.5. The van der Waals surface area contributed by atoms with Gasteiger partial charge in [0.25, 0.3) is 5.56 Å². The zero-order valence-corrected chi connectivity index (χ0v) is 11.6. The Morgan fingerprint density at radius 3 is 2.60 bits per heavy atom. The van der Waals surface area contributed by atoms with Gasteiger partial charge in [-0.25, -0.2) is 0 Å². The molecule has 2 rings (SSSR count). The van der Waals surface area contributed by atoms with Gasteiger partial charge in [0.15, 0.2) is 0 Å². The van der Waals surface area contributed by atoms with Crippen molar-refractivity contribution in [3.05, 3.63) is 69.6 Å². The number of benzene rings is 1. The van der Waals surface area contributed by atoms with Crippen LogP contribution in [0, 0.1) is 0 Å². The van der Waals surface area contributed by atoms with Gasteiger partial charge >= 0.3 is 0 Å². The van der Waals surface area contributed by atoms with Crippen LogP contribution in [0.25, 0.3) is 0 Å². The van der Waals surface area contributed by atoms with Gasteiger partial charge in [0.2, 0.25) is 5.91 Å². The number of hydrogen-bond donors (Lipinski definition) is 1. The molecule has 0 saturated heterocycles. The topological polar surface area (TPSA) is 51.1 Å². The first-order chi connectivity index (χ1) is 9.65. The van der Waals surface area contributed by atoms with Crippen LogP contribution in [-0.4, -0.2) is 17.0 Å². The first-order valence-electron chi connectivity index (χ1n) is 6.32. The lowest BCUT2D eigenvalue weighted by atomic mass is 10.1. The summed E-state index contributed by atoms with van der Waals surface area (Å²) in [6.45, 7) is 0.572. The van der Waals surface area contributed by atoms with Gasteiger partial charge in [-0.05, 0) is 30.2 Å². The number of aromatic nitrogens is 1. The van der Waals surface area contributed by atoms with Crippen LogP contribution in [0.4, 0.5) is 0 Å². The predicted octanol–water partition coefficient (Wildman–Crippen LogP) is 1.86. The lowest BCUT2D eigenvalue weighted by Gasteiger charge is -2.07. The van der Waals surface area contributed by atoms with Crippen molar-refractivity contribution in [2.45, 2.75) is 13.0 Å². The van der Waals surface area contributed by atoms with Crippen molar-refractivity contribution < 1.29 is 4.79 Å². The number of hydrogen-bond acceptors (Lipinski definition) is 2. The molecule has 1 amide bonds. The molecule has 0 saturated carbocycles. The van der Waals surface area contributed by atoms with Crippen molar-refractivity contribution >= 4 is 17.5 Å². The summed E-state index contributed by atoms with van der Waals surface area (Å²) in [4.78, 5) is 23.2. The number of pyridine rings is 1. The summed E-state index contributed by atoms with van der Waals surface area (Å²) in [6, 6.07) is 12.3. The molecule has 5 heteroatoms. The fourth-order valence-electron chi connectivity index (χ4n) is 1.80. The second kappa shape index (κ2) is 6.91. The van der Waals surface area contributed by atoms with Gasteiger partial charge < -0.3 is 9.88 Å². The summed E-state index contributed by atoms with van der Waals surface area (Å²) >= 11 is 5.80. The summed E-state index contributed by atoms with van der Waals surface area (Å²) in [5, 5.41) is 3.49. The molecule has 0 spiro atoms. The minimum Gasteiger partial charge on any atom is -0.354 e. The van der Waals surface area contributed by atoms with Gasteiger partial charge in [-0.2, -0.15) is 0 Å². The molecule has 4 nitrogen and oxygen atoms in total. The fraction of sp³-hybridized carbons (Fsp3) is 0.200. The van der Waals surface area contributed by atoms with E-state index in [1.807, 2.05) is 24.3 Å². The first-order valence-corrected chi connectivity index (χ1v) is 6.69. The Hall–Kier alpha value is -2.07. The third-order valence-corrected chi connectivity index (χ3v) is 3.11. The van der Waals surface area contributed by atoms with E-state index < -0.39 is 0 Å². The van der Waals surface area contributed by atoms with Crippen LogP contribution < -0.4 is 10.9 Å². The lowest BCUT2D eigenvalue weighted by Crippen LogP contribution is -2.32. The summed E-state index contributed by atoms with van der Waals surface area (Å²) in [7, 11) is 0. The Labute approximate surface area is 122 Å². The maximum atomic E-state index is 11.7. The zero-order valence-electron chi connectivity index (χ0n) is 10.9. The highest BCUT2D eigenvalue weighted by molar-refractivity contribution is 6.30. The van der Waals surface area contributed by atoms with Crippen molar-refractivity contribution in [3.63, 3.8) is 0 Å². The van der Waals surface area contributed by atoms with Gasteiger partial charge in [-0.1, -0.05) is 29.8 Å².